The molecule has 0 spiro atoms. The fourth-order valence-corrected chi connectivity index (χ4v) is 3.54. The number of benzene rings is 1. The number of hydrogen-bond donors (Lipinski definition) is 1. The fraction of sp³-hybridized carbons (Fsp3) is 0.611. The minimum Gasteiger partial charge on any atom is -0.490 e. The zero-order valence-electron chi connectivity index (χ0n) is 12.7. The molecule has 0 saturated heterocycles. The maximum absolute atomic E-state index is 12.1. The van der Waals surface area contributed by atoms with Gasteiger partial charge < -0.3 is 9.84 Å². The Bertz CT molecular complexity index is 525. The summed E-state index contributed by atoms with van der Waals surface area (Å²) in [5.74, 6) is 0.112. The lowest BCUT2D eigenvalue weighted by atomic mass is 9.69. The number of hydrogen-bond acceptors (Lipinski definition) is 2. The van der Waals surface area contributed by atoms with Gasteiger partial charge in [0.15, 0.2) is 0 Å². The highest BCUT2D eigenvalue weighted by Gasteiger charge is 2.43. The topological polar surface area (TPSA) is 46.5 Å². The van der Waals surface area contributed by atoms with Crippen molar-refractivity contribution < 1.29 is 14.6 Å². The van der Waals surface area contributed by atoms with Gasteiger partial charge in [-0.2, -0.15) is 0 Å². The Balaban J connectivity index is 2.00. The van der Waals surface area contributed by atoms with Crippen LogP contribution in [-0.2, 0) is 10.2 Å². The molecule has 2 aliphatic rings. The molecule has 21 heavy (non-hydrogen) atoms. The Morgan fingerprint density at radius 1 is 1.19 bits per heavy atom. The van der Waals surface area contributed by atoms with E-state index in [1.807, 2.05) is 25.1 Å². The molecule has 2 fully saturated rings. The number of carbonyl (C=O) groups is 1. The summed E-state index contributed by atoms with van der Waals surface area (Å²) in [7, 11) is 0. The molecule has 0 bridgehead atoms. The third-order valence-corrected chi connectivity index (χ3v) is 5.11. The number of rotatable bonds is 4. The number of aryl methyl sites for hydroxylation is 1. The lowest BCUT2D eigenvalue weighted by molar-refractivity contribution is -0.145. The molecule has 0 atom stereocenters. The molecule has 0 amide bonds. The molecule has 3 rings (SSSR count). The summed E-state index contributed by atoms with van der Waals surface area (Å²) in [5.41, 5.74) is 1.27. The zero-order valence-corrected chi connectivity index (χ0v) is 12.7. The largest absolute Gasteiger partial charge is 0.490 e. The second kappa shape index (κ2) is 5.70. The van der Waals surface area contributed by atoms with E-state index in [9.17, 15) is 9.90 Å². The third kappa shape index (κ3) is 2.66. The lowest BCUT2D eigenvalue weighted by Gasteiger charge is -2.36. The minimum atomic E-state index is -0.747. The van der Waals surface area contributed by atoms with Gasteiger partial charge in [-0.15, -0.1) is 0 Å². The molecule has 3 heteroatoms. The van der Waals surface area contributed by atoms with Crippen LogP contribution in [0.3, 0.4) is 0 Å². The van der Waals surface area contributed by atoms with Crippen molar-refractivity contribution >= 4 is 5.97 Å². The second-order valence-electron chi connectivity index (χ2n) is 6.62. The van der Waals surface area contributed by atoms with E-state index >= 15 is 0 Å². The molecule has 1 aromatic carbocycles. The number of carboxylic acid groups (broad SMARTS) is 1. The third-order valence-electron chi connectivity index (χ3n) is 5.11. The molecule has 1 aromatic rings. The number of ether oxygens (including phenoxy) is 1. The Kier molecular flexibility index (Phi) is 3.92. The van der Waals surface area contributed by atoms with Crippen molar-refractivity contribution in [3.05, 3.63) is 29.3 Å². The van der Waals surface area contributed by atoms with Gasteiger partial charge in [0.1, 0.15) is 5.75 Å². The molecule has 0 heterocycles. The molecule has 114 valence electrons. The minimum absolute atomic E-state index is 0.279. The van der Waals surface area contributed by atoms with Crippen molar-refractivity contribution in [2.24, 2.45) is 0 Å². The molecule has 0 aromatic heterocycles. The summed E-state index contributed by atoms with van der Waals surface area (Å²) in [6.07, 6.45) is 8.25. The average molecular weight is 288 g/mol. The van der Waals surface area contributed by atoms with Crippen molar-refractivity contribution in [3.8, 4) is 5.75 Å². The molecule has 3 nitrogen and oxygen atoms in total. The highest BCUT2D eigenvalue weighted by atomic mass is 16.5. The Morgan fingerprint density at radius 3 is 2.48 bits per heavy atom. The van der Waals surface area contributed by atoms with Gasteiger partial charge in [-0.1, -0.05) is 37.0 Å². The van der Waals surface area contributed by atoms with E-state index in [-0.39, 0.29) is 6.10 Å². The summed E-state index contributed by atoms with van der Waals surface area (Å²) >= 11 is 0. The summed E-state index contributed by atoms with van der Waals surface area (Å²) < 4.78 is 6.10. The first-order chi connectivity index (χ1) is 10.1. The highest BCUT2D eigenvalue weighted by molar-refractivity contribution is 5.82. The van der Waals surface area contributed by atoms with E-state index in [1.165, 1.54) is 6.42 Å². The van der Waals surface area contributed by atoms with Gasteiger partial charge >= 0.3 is 5.97 Å². The van der Waals surface area contributed by atoms with Crippen molar-refractivity contribution in [2.75, 3.05) is 0 Å². The van der Waals surface area contributed by atoms with Crippen molar-refractivity contribution in [3.63, 3.8) is 0 Å². The van der Waals surface area contributed by atoms with E-state index in [1.54, 1.807) is 0 Å². The van der Waals surface area contributed by atoms with Gasteiger partial charge in [0.25, 0.3) is 0 Å². The first-order valence-electron chi connectivity index (χ1n) is 8.13. The van der Waals surface area contributed by atoms with Gasteiger partial charge in [0.05, 0.1) is 11.5 Å². The van der Waals surface area contributed by atoms with Crippen LogP contribution in [0, 0.1) is 6.92 Å². The predicted molar refractivity (Wildman–Crippen MR) is 81.8 cm³/mol. The van der Waals surface area contributed by atoms with Crippen LogP contribution >= 0.6 is 0 Å². The Hall–Kier alpha value is -1.51. The fourth-order valence-electron chi connectivity index (χ4n) is 3.54. The van der Waals surface area contributed by atoms with Crippen LogP contribution in [0.1, 0.15) is 62.5 Å². The summed E-state index contributed by atoms with van der Waals surface area (Å²) in [6, 6.07) is 6.03. The zero-order chi connectivity index (χ0) is 14.9. The van der Waals surface area contributed by atoms with Gasteiger partial charge in [-0.25, -0.2) is 0 Å². The molecule has 0 unspecified atom stereocenters. The molecular formula is C18H24O3. The summed E-state index contributed by atoms with van der Waals surface area (Å²) in [6.45, 7) is 2.02. The lowest BCUT2D eigenvalue weighted by Crippen LogP contribution is -2.39. The standard InChI is InChI=1S/C18H24O3/c1-13-8-9-16(21-14-6-5-7-14)15(12-13)18(17(19)20)10-3-2-4-11-18/h8-9,12,14H,2-7,10-11H2,1H3,(H,19,20). The predicted octanol–water partition coefficient (Wildman–Crippen LogP) is 4.21. The quantitative estimate of drug-likeness (QED) is 0.902. The van der Waals surface area contributed by atoms with E-state index < -0.39 is 11.4 Å². The smallest absolute Gasteiger partial charge is 0.314 e. The van der Waals surface area contributed by atoms with E-state index in [4.69, 9.17) is 4.74 Å². The normalized spacial score (nSPS) is 21.6. The monoisotopic (exact) mass is 288 g/mol. The van der Waals surface area contributed by atoms with Crippen molar-refractivity contribution in [1.82, 2.24) is 0 Å². The first-order valence-corrected chi connectivity index (χ1v) is 8.13. The number of carboxylic acids is 1. The van der Waals surface area contributed by atoms with Crippen LogP contribution < -0.4 is 4.74 Å². The molecule has 1 N–H and O–H groups in total. The van der Waals surface area contributed by atoms with Crippen LogP contribution in [0.2, 0.25) is 0 Å². The van der Waals surface area contributed by atoms with Gasteiger partial charge in [0.2, 0.25) is 0 Å². The van der Waals surface area contributed by atoms with Crippen LogP contribution in [0.25, 0.3) is 0 Å². The van der Waals surface area contributed by atoms with Crippen LogP contribution in [0.4, 0.5) is 0 Å². The Morgan fingerprint density at radius 2 is 1.90 bits per heavy atom. The average Bonchev–Trinajstić information content (AvgIpc) is 2.44. The van der Waals surface area contributed by atoms with E-state index in [0.29, 0.717) is 0 Å². The van der Waals surface area contributed by atoms with Crippen molar-refractivity contribution in [1.29, 1.82) is 0 Å². The molecule has 0 radical (unpaired) electrons. The maximum atomic E-state index is 12.1. The van der Waals surface area contributed by atoms with Crippen LogP contribution in [0.5, 0.6) is 5.75 Å². The van der Waals surface area contributed by atoms with E-state index in [2.05, 4.69) is 0 Å². The van der Waals surface area contributed by atoms with E-state index in [0.717, 1.165) is 61.8 Å². The van der Waals surface area contributed by atoms with Gasteiger partial charge in [0, 0.05) is 5.56 Å². The van der Waals surface area contributed by atoms with Crippen molar-refractivity contribution in [2.45, 2.75) is 69.8 Å². The number of aliphatic carboxylic acids is 1. The maximum Gasteiger partial charge on any atom is 0.314 e. The van der Waals surface area contributed by atoms with Gasteiger partial charge in [-0.3, -0.25) is 4.79 Å². The molecular weight excluding hydrogens is 264 g/mol. The van der Waals surface area contributed by atoms with Crippen LogP contribution in [0.15, 0.2) is 18.2 Å². The highest BCUT2D eigenvalue weighted by Crippen LogP contribution is 2.44. The Labute approximate surface area is 126 Å². The molecule has 0 aliphatic heterocycles. The first kappa shape index (κ1) is 14.4. The molecule has 2 saturated carbocycles. The molecule has 2 aliphatic carbocycles. The summed E-state index contributed by atoms with van der Waals surface area (Å²) in [5, 5.41) is 9.91. The van der Waals surface area contributed by atoms with Crippen LogP contribution in [-0.4, -0.2) is 17.2 Å². The summed E-state index contributed by atoms with van der Waals surface area (Å²) in [4.78, 5) is 12.1. The van der Waals surface area contributed by atoms with Gasteiger partial charge in [-0.05, 0) is 45.1 Å². The SMILES string of the molecule is Cc1ccc(OC2CCC2)c(C2(C(=O)O)CCCCC2)c1. The second-order valence-corrected chi connectivity index (χ2v) is 6.62.